The molecule has 32 heavy (non-hydrogen) atoms. The number of ether oxygens (including phenoxy) is 3. The number of ketones is 1. The highest BCUT2D eigenvalue weighted by atomic mass is 16.5. The quantitative estimate of drug-likeness (QED) is 0.282. The zero-order chi connectivity index (χ0) is 22.7. The van der Waals surface area contributed by atoms with Crippen molar-refractivity contribution in [3.63, 3.8) is 0 Å². The van der Waals surface area contributed by atoms with Gasteiger partial charge in [0.05, 0.1) is 26.9 Å². The SMILES string of the molecule is COc1cc(C(=O)C(=Cc2ccc(C)cc2)c2nc3ccccc3o2)cc(OC)c1OC. The first-order chi connectivity index (χ1) is 15.5. The number of oxazole rings is 1. The van der Waals surface area contributed by atoms with Crippen molar-refractivity contribution in [3.05, 3.63) is 83.2 Å². The van der Waals surface area contributed by atoms with Crippen LogP contribution in [0.4, 0.5) is 0 Å². The highest BCUT2D eigenvalue weighted by Gasteiger charge is 2.23. The number of allylic oxidation sites excluding steroid dienone is 1. The molecule has 1 heterocycles. The first-order valence-corrected chi connectivity index (χ1v) is 10.0. The van der Waals surface area contributed by atoms with Gasteiger partial charge in [-0.3, -0.25) is 4.79 Å². The number of nitrogens with zero attached hydrogens (tertiary/aromatic N) is 1. The van der Waals surface area contributed by atoms with Crippen molar-refractivity contribution >= 4 is 28.5 Å². The lowest BCUT2D eigenvalue weighted by atomic mass is 9.99. The average Bonchev–Trinajstić information content (AvgIpc) is 3.26. The molecule has 0 aliphatic heterocycles. The van der Waals surface area contributed by atoms with Gasteiger partial charge in [0, 0.05) is 5.56 Å². The van der Waals surface area contributed by atoms with Gasteiger partial charge >= 0.3 is 0 Å². The molecule has 0 amide bonds. The summed E-state index contributed by atoms with van der Waals surface area (Å²) in [6.07, 6.45) is 1.77. The first kappa shape index (κ1) is 21.2. The Labute approximate surface area is 186 Å². The molecule has 0 radical (unpaired) electrons. The largest absolute Gasteiger partial charge is 0.493 e. The van der Waals surface area contributed by atoms with Crippen LogP contribution in [0, 0.1) is 6.92 Å². The summed E-state index contributed by atoms with van der Waals surface area (Å²) in [7, 11) is 4.54. The van der Waals surface area contributed by atoms with E-state index in [1.807, 2.05) is 55.5 Å². The molecule has 0 aliphatic rings. The molecule has 0 bridgehead atoms. The van der Waals surface area contributed by atoms with Crippen molar-refractivity contribution in [3.8, 4) is 17.2 Å². The number of aryl methyl sites for hydroxylation is 1. The maximum Gasteiger partial charge on any atom is 0.231 e. The van der Waals surface area contributed by atoms with Crippen LogP contribution in [-0.4, -0.2) is 32.1 Å². The van der Waals surface area contributed by atoms with Gasteiger partial charge in [0.1, 0.15) is 5.52 Å². The summed E-state index contributed by atoms with van der Waals surface area (Å²) >= 11 is 0. The van der Waals surface area contributed by atoms with Gasteiger partial charge in [0.25, 0.3) is 0 Å². The Morgan fingerprint density at radius 2 is 1.56 bits per heavy atom. The monoisotopic (exact) mass is 429 g/mol. The van der Waals surface area contributed by atoms with E-state index in [-0.39, 0.29) is 11.7 Å². The molecule has 6 heteroatoms. The number of fused-ring (bicyclic) bond motifs is 1. The molecule has 0 saturated heterocycles. The number of carbonyl (C=O) groups excluding carboxylic acids is 1. The molecule has 0 spiro atoms. The summed E-state index contributed by atoms with van der Waals surface area (Å²) in [6, 6.07) is 18.5. The fraction of sp³-hybridized carbons (Fsp3) is 0.154. The van der Waals surface area contributed by atoms with Gasteiger partial charge in [-0.1, -0.05) is 42.0 Å². The second-order valence-electron chi connectivity index (χ2n) is 7.20. The van der Waals surface area contributed by atoms with Crippen LogP contribution in [0.5, 0.6) is 17.2 Å². The van der Waals surface area contributed by atoms with E-state index in [0.29, 0.717) is 39.5 Å². The molecule has 0 N–H and O–H groups in total. The summed E-state index contributed by atoms with van der Waals surface area (Å²) in [5, 5.41) is 0. The van der Waals surface area contributed by atoms with E-state index in [1.165, 1.54) is 21.3 Å². The van der Waals surface area contributed by atoms with Crippen molar-refractivity contribution < 1.29 is 23.4 Å². The van der Waals surface area contributed by atoms with E-state index in [0.717, 1.165) is 11.1 Å². The van der Waals surface area contributed by atoms with Gasteiger partial charge in [0.15, 0.2) is 22.9 Å². The number of rotatable bonds is 7. The second kappa shape index (κ2) is 8.98. The maximum absolute atomic E-state index is 13.7. The summed E-state index contributed by atoms with van der Waals surface area (Å²) < 4.78 is 22.2. The number of carbonyl (C=O) groups is 1. The highest BCUT2D eigenvalue weighted by Crippen LogP contribution is 2.39. The third kappa shape index (κ3) is 4.07. The normalized spacial score (nSPS) is 11.4. The molecule has 4 rings (SSSR count). The summed E-state index contributed by atoms with van der Waals surface area (Å²) in [6.45, 7) is 2.01. The fourth-order valence-corrected chi connectivity index (χ4v) is 3.41. The molecular formula is C26H23NO5. The molecule has 0 saturated carbocycles. The second-order valence-corrected chi connectivity index (χ2v) is 7.20. The van der Waals surface area contributed by atoms with Crippen molar-refractivity contribution in [1.29, 1.82) is 0 Å². The van der Waals surface area contributed by atoms with Gasteiger partial charge in [-0.05, 0) is 42.8 Å². The number of hydrogen-bond acceptors (Lipinski definition) is 6. The zero-order valence-corrected chi connectivity index (χ0v) is 18.3. The van der Waals surface area contributed by atoms with Crippen molar-refractivity contribution in [2.24, 2.45) is 0 Å². The Hall–Kier alpha value is -4.06. The standard InChI is InChI=1S/C26H23NO5/c1-16-9-11-17(12-10-16)13-19(26-27-20-7-5-6-8-21(20)32-26)24(28)18-14-22(29-2)25(31-4)23(15-18)30-3/h5-15H,1-4H3. The number of para-hydroxylation sites is 2. The zero-order valence-electron chi connectivity index (χ0n) is 18.3. The molecule has 0 aliphatic carbocycles. The number of Topliss-reactive ketones (excluding diaryl/α,β-unsaturated/α-hetero) is 1. The van der Waals surface area contributed by atoms with Crippen molar-refractivity contribution in [2.75, 3.05) is 21.3 Å². The Balaban J connectivity index is 1.88. The molecule has 0 fully saturated rings. The van der Waals surface area contributed by atoms with Gasteiger partial charge in [0.2, 0.25) is 11.6 Å². The van der Waals surface area contributed by atoms with Crippen LogP contribution in [-0.2, 0) is 0 Å². The Kier molecular flexibility index (Phi) is 5.94. The van der Waals surface area contributed by atoms with E-state index < -0.39 is 0 Å². The Morgan fingerprint density at radius 3 is 2.16 bits per heavy atom. The predicted molar refractivity (Wildman–Crippen MR) is 123 cm³/mol. The van der Waals surface area contributed by atoms with Gasteiger partial charge in [-0.15, -0.1) is 0 Å². The van der Waals surface area contributed by atoms with Gasteiger partial charge in [-0.2, -0.15) is 0 Å². The maximum atomic E-state index is 13.7. The van der Waals surface area contributed by atoms with E-state index in [2.05, 4.69) is 4.98 Å². The van der Waals surface area contributed by atoms with Crippen LogP contribution >= 0.6 is 0 Å². The topological polar surface area (TPSA) is 70.8 Å². The smallest absolute Gasteiger partial charge is 0.231 e. The Bertz CT molecular complexity index is 1240. The fourth-order valence-electron chi connectivity index (χ4n) is 3.41. The molecular weight excluding hydrogens is 406 g/mol. The number of benzene rings is 3. The summed E-state index contributed by atoms with van der Waals surface area (Å²) in [4.78, 5) is 18.3. The Morgan fingerprint density at radius 1 is 0.906 bits per heavy atom. The van der Waals surface area contributed by atoms with Crippen LogP contribution in [0.2, 0.25) is 0 Å². The third-order valence-corrected chi connectivity index (χ3v) is 5.08. The molecule has 0 atom stereocenters. The molecule has 6 nitrogen and oxygen atoms in total. The number of methoxy groups -OCH3 is 3. The third-order valence-electron chi connectivity index (χ3n) is 5.08. The van der Waals surface area contributed by atoms with Crippen LogP contribution in [0.25, 0.3) is 22.7 Å². The minimum atomic E-state index is -0.281. The molecule has 0 unspecified atom stereocenters. The van der Waals surface area contributed by atoms with Crippen molar-refractivity contribution in [2.45, 2.75) is 6.92 Å². The minimum absolute atomic E-state index is 0.241. The average molecular weight is 429 g/mol. The van der Waals surface area contributed by atoms with Gasteiger partial charge < -0.3 is 18.6 Å². The molecule has 1 aromatic heterocycles. The van der Waals surface area contributed by atoms with Crippen LogP contribution in [0.1, 0.15) is 27.4 Å². The minimum Gasteiger partial charge on any atom is -0.493 e. The predicted octanol–water partition coefficient (Wildman–Crippen LogP) is 5.59. The van der Waals surface area contributed by atoms with E-state index in [1.54, 1.807) is 18.2 Å². The van der Waals surface area contributed by atoms with Crippen molar-refractivity contribution in [1.82, 2.24) is 4.98 Å². The van der Waals surface area contributed by atoms with Crippen LogP contribution < -0.4 is 14.2 Å². The van der Waals surface area contributed by atoms with Crippen LogP contribution in [0.3, 0.4) is 0 Å². The number of hydrogen-bond donors (Lipinski definition) is 0. The lowest BCUT2D eigenvalue weighted by molar-refractivity contribution is 0.105. The lowest BCUT2D eigenvalue weighted by Crippen LogP contribution is -2.05. The van der Waals surface area contributed by atoms with E-state index in [9.17, 15) is 4.79 Å². The molecule has 4 aromatic rings. The molecule has 3 aromatic carbocycles. The van der Waals surface area contributed by atoms with E-state index in [4.69, 9.17) is 18.6 Å². The summed E-state index contributed by atoms with van der Waals surface area (Å²) in [5.41, 5.74) is 3.94. The van der Waals surface area contributed by atoms with Gasteiger partial charge in [-0.25, -0.2) is 4.98 Å². The summed E-state index contributed by atoms with van der Waals surface area (Å²) in [5.74, 6) is 1.16. The highest BCUT2D eigenvalue weighted by molar-refractivity contribution is 6.31. The van der Waals surface area contributed by atoms with Crippen LogP contribution in [0.15, 0.2) is 65.1 Å². The van der Waals surface area contributed by atoms with E-state index >= 15 is 0 Å². The lowest BCUT2D eigenvalue weighted by Gasteiger charge is -2.14. The number of aromatic nitrogens is 1. The first-order valence-electron chi connectivity index (χ1n) is 10.0. The molecule has 162 valence electrons.